The van der Waals surface area contributed by atoms with E-state index in [0.717, 1.165) is 116 Å². The second kappa shape index (κ2) is 66.8. The van der Waals surface area contributed by atoms with Gasteiger partial charge in [0.15, 0.2) is 6.10 Å². The van der Waals surface area contributed by atoms with Gasteiger partial charge in [0.1, 0.15) is 13.2 Å². The van der Waals surface area contributed by atoms with Gasteiger partial charge in [-0.3, -0.25) is 14.4 Å². The summed E-state index contributed by atoms with van der Waals surface area (Å²) < 4.78 is 17.0. The van der Waals surface area contributed by atoms with Crippen LogP contribution >= 0.6 is 0 Å². The molecule has 0 aliphatic carbocycles. The van der Waals surface area contributed by atoms with Crippen molar-refractivity contribution in [3.05, 3.63) is 97.2 Å². The molecule has 0 aromatic heterocycles. The Morgan fingerprint density at radius 3 is 0.772 bits per heavy atom. The molecule has 0 aromatic rings. The van der Waals surface area contributed by atoms with Crippen LogP contribution in [0.4, 0.5) is 0 Å². The molecule has 454 valence electrons. The molecule has 0 aliphatic rings. The van der Waals surface area contributed by atoms with E-state index in [0.29, 0.717) is 19.3 Å². The van der Waals surface area contributed by atoms with Gasteiger partial charge in [0, 0.05) is 19.3 Å². The normalized spacial score (nSPS) is 12.7. The molecule has 0 aliphatic heterocycles. The first-order valence-corrected chi connectivity index (χ1v) is 33.7. The van der Waals surface area contributed by atoms with E-state index in [-0.39, 0.29) is 31.1 Å². The summed E-state index contributed by atoms with van der Waals surface area (Å²) >= 11 is 0. The molecule has 1 unspecified atom stereocenters. The highest BCUT2D eigenvalue weighted by Gasteiger charge is 2.19. The number of esters is 3. The number of carbonyl (C=O) groups excluding carboxylic acids is 3. The summed E-state index contributed by atoms with van der Waals surface area (Å²) in [6.07, 6.45) is 89.9. The van der Waals surface area contributed by atoms with Gasteiger partial charge in [-0.25, -0.2) is 0 Å². The second-order valence-electron chi connectivity index (χ2n) is 22.3. The van der Waals surface area contributed by atoms with Crippen molar-refractivity contribution in [1.82, 2.24) is 0 Å². The molecule has 0 heterocycles. The Balaban J connectivity index is 4.31. The molecule has 6 nitrogen and oxygen atoms in total. The lowest BCUT2D eigenvalue weighted by molar-refractivity contribution is -0.167. The minimum Gasteiger partial charge on any atom is -0.462 e. The quantitative estimate of drug-likeness (QED) is 0.0261. The maximum Gasteiger partial charge on any atom is 0.306 e. The Morgan fingerprint density at radius 1 is 0.266 bits per heavy atom. The van der Waals surface area contributed by atoms with E-state index >= 15 is 0 Å². The van der Waals surface area contributed by atoms with Crippen molar-refractivity contribution in [2.75, 3.05) is 13.2 Å². The molecule has 0 spiro atoms. The number of allylic oxidation sites excluding steroid dienone is 16. The fourth-order valence-electron chi connectivity index (χ4n) is 9.56. The lowest BCUT2D eigenvalue weighted by Crippen LogP contribution is -2.30. The van der Waals surface area contributed by atoms with Crippen molar-refractivity contribution in [3.63, 3.8) is 0 Å². The van der Waals surface area contributed by atoms with Gasteiger partial charge in [-0.1, -0.05) is 291 Å². The van der Waals surface area contributed by atoms with Crippen LogP contribution in [-0.4, -0.2) is 37.2 Å². The maximum absolute atomic E-state index is 12.9. The average Bonchev–Trinajstić information content (AvgIpc) is 3.45. The predicted molar refractivity (Wildman–Crippen MR) is 344 cm³/mol. The van der Waals surface area contributed by atoms with Crippen LogP contribution < -0.4 is 0 Å². The van der Waals surface area contributed by atoms with Gasteiger partial charge in [0.25, 0.3) is 0 Å². The first kappa shape index (κ1) is 75.3. The molecule has 0 bridgehead atoms. The third-order valence-electron chi connectivity index (χ3n) is 14.6. The molecule has 0 aromatic carbocycles. The Labute approximate surface area is 489 Å². The van der Waals surface area contributed by atoms with Crippen LogP contribution in [0.15, 0.2) is 97.2 Å². The van der Waals surface area contributed by atoms with E-state index in [1.807, 2.05) is 0 Å². The zero-order chi connectivity index (χ0) is 57.1. The van der Waals surface area contributed by atoms with E-state index in [4.69, 9.17) is 14.2 Å². The van der Waals surface area contributed by atoms with Gasteiger partial charge in [0.2, 0.25) is 0 Å². The molecular formula is C73H126O6. The van der Waals surface area contributed by atoms with Crippen LogP contribution in [0.2, 0.25) is 0 Å². The first-order chi connectivity index (χ1) is 39.0. The van der Waals surface area contributed by atoms with Crippen LogP contribution in [0.1, 0.15) is 329 Å². The van der Waals surface area contributed by atoms with E-state index < -0.39 is 6.10 Å². The van der Waals surface area contributed by atoms with Gasteiger partial charge in [-0.2, -0.15) is 0 Å². The fourth-order valence-corrected chi connectivity index (χ4v) is 9.56. The molecule has 0 amide bonds. The van der Waals surface area contributed by atoms with Gasteiger partial charge < -0.3 is 14.2 Å². The van der Waals surface area contributed by atoms with Crippen molar-refractivity contribution in [2.45, 2.75) is 335 Å². The van der Waals surface area contributed by atoms with Gasteiger partial charge in [-0.05, 0) is 116 Å². The largest absolute Gasteiger partial charge is 0.462 e. The third-order valence-corrected chi connectivity index (χ3v) is 14.6. The van der Waals surface area contributed by atoms with Crippen LogP contribution in [0.25, 0.3) is 0 Å². The van der Waals surface area contributed by atoms with E-state index in [2.05, 4.69) is 118 Å². The van der Waals surface area contributed by atoms with Crippen molar-refractivity contribution in [3.8, 4) is 0 Å². The number of hydrogen-bond acceptors (Lipinski definition) is 6. The van der Waals surface area contributed by atoms with Crippen LogP contribution in [0.5, 0.6) is 0 Å². The topological polar surface area (TPSA) is 78.9 Å². The number of rotatable bonds is 61. The third kappa shape index (κ3) is 65.0. The summed E-state index contributed by atoms with van der Waals surface area (Å²) in [5, 5.41) is 0. The fraction of sp³-hybridized carbons (Fsp3) is 0.740. The van der Waals surface area contributed by atoms with Crippen molar-refractivity contribution < 1.29 is 28.6 Å². The number of carbonyl (C=O) groups is 3. The summed E-state index contributed by atoms with van der Waals surface area (Å²) in [5.74, 6) is -0.891. The van der Waals surface area contributed by atoms with Gasteiger partial charge >= 0.3 is 17.9 Å². The molecule has 79 heavy (non-hydrogen) atoms. The summed E-state index contributed by atoms with van der Waals surface area (Å²) in [6, 6.07) is 0. The minimum atomic E-state index is -0.789. The van der Waals surface area contributed by atoms with E-state index in [1.165, 1.54) is 173 Å². The van der Waals surface area contributed by atoms with E-state index in [1.54, 1.807) is 0 Å². The highest BCUT2D eigenvalue weighted by Crippen LogP contribution is 2.17. The number of hydrogen-bond donors (Lipinski definition) is 0. The predicted octanol–water partition coefficient (Wildman–Crippen LogP) is 23.2. The van der Waals surface area contributed by atoms with Gasteiger partial charge in [0.05, 0.1) is 0 Å². The first-order valence-electron chi connectivity index (χ1n) is 33.7. The standard InChI is InChI=1S/C73H126O6/c1-4-7-10-13-16-19-22-25-28-31-32-33-34-35-36-37-38-39-40-43-45-48-51-54-57-60-63-66-72(75)78-69-70(79-73(76)67-64-61-58-55-52-49-46-42-30-27-24-21-18-15-12-9-6-3)68-77-71(74)65-62-59-56-53-50-47-44-41-29-26-23-20-17-14-11-8-5-2/h8-9,11-12,17-18,20-22,25-27,29-32,70H,4-7,10,13-16,19,23-24,28,33-69H2,1-3H3/b11-8-,12-9-,20-17-,21-18-,25-22-,29-26-,30-27-,32-31-. The molecule has 0 saturated heterocycles. The monoisotopic (exact) mass is 1100 g/mol. The zero-order valence-corrected chi connectivity index (χ0v) is 52.1. The Bertz CT molecular complexity index is 1540. The van der Waals surface area contributed by atoms with Gasteiger partial charge in [-0.15, -0.1) is 0 Å². The summed E-state index contributed by atoms with van der Waals surface area (Å²) in [5.41, 5.74) is 0. The molecule has 0 saturated carbocycles. The summed E-state index contributed by atoms with van der Waals surface area (Å²) in [6.45, 7) is 6.43. The smallest absolute Gasteiger partial charge is 0.306 e. The molecular weight excluding hydrogens is 973 g/mol. The SMILES string of the molecule is CC/C=C\C/C=C\C/C=C\CCCCCCCCCC(=O)OCC(COC(=O)CCCCCCCCCCCCCCCCC/C=C\C/C=C\CCCCCCC)OC(=O)CCCCCCCCC/C=C\C/C=C\C/C=C\CC. The van der Waals surface area contributed by atoms with Crippen LogP contribution in [-0.2, 0) is 28.6 Å². The highest BCUT2D eigenvalue weighted by atomic mass is 16.6. The van der Waals surface area contributed by atoms with Crippen molar-refractivity contribution in [2.24, 2.45) is 0 Å². The summed E-state index contributed by atoms with van der Waals surface area (Å²) in [7, 11) is 0. The lowest BCUT2D eigenvalue weighted by Gasteiger charge is -2.18. The molecule has 1 atom stereocenters. The van der Waals surface area contributed by atoms with Crippen LogP contribution in [0, 0.1) is 0 Å². The molecule has 0 rings (SSSR count). The molecule has 6 heteroatoms. The van der Waals surface area contributed by atoms with Crippen molar-refractivity contribution >= 4 is 17.9 Å². The zero-order valence-electron chi connectivity index (χ0n) is 52.1. The minimum absolute atomic E-state index is 0.0835. The average molecular weight is 1100 g/mol. The Kier molecular flexibility index (Phi) is 63.7. The van der Waals surface area contributed by atoms with Crippen molar-refractivity contribution in [1.29, 1.82) is 0 Å². The Morgan fingerprint density at radius 2 is 0.494 bits per heavy atom. The van der Waals surface area contributed by atoms with Crippen LogP contribution in [0.3, 0.4) is 0 Å². The molecule has 0 N–H and O–H groups in total. The maximum atomic E-state index is 12.9. The number of ether oxygens (including phenoxy) is 3. The Hall–Kier alpha value is -3.67. The van der Waals surface area contributed by atoms with E-state index in [9.17, 15) is 14.4 Å². The second-order valence-corrected chi connectivity index (χ2v) is 22.3. The highest BCUT2D eigenvalue weighted by molar-refractivity contribution is 5.71. The molecule has 0 radical (unpaired) electrons. The number of unbranched alkanes of at least 4 members (excludes halogenated alkanes) is 34. The molecule has 0 fully saturated rings. The summed E-state index contributed by atoms with van der Waals surface area (Å²) in [4.78, 5) is 38.4. The lowest BCUT2D eigenvalue weighted by atomic mass is 10.0.